The number of hydrogen-bond donors (Lipinski definition) is 1. The Hall–Kier alpha value is -1.09. The number of hydrogen-bond acceptors (Lipinski definition) is 1. The maximum atomic E-state index is 3.74. The van der Waals surface area contributed by atoms with Gasteiger partial charge in [-0.2, -0.15) is 4.57 Å². The molecule has 1 aromatic carbocycles. The number of aromatic nitrogens is 1. The van der Waals surface area contributed by atoms with Crippen molar-refractivity contribution in [3.8, 4) is 0 Å². The van der Waals surface area contributed by atoms with E-state index in [1.54, 1.807) is 0 Å². The first-order chi connectivity index (χ1) is 6.42. The molecule has 0 aliphatic rings. The summed E-state index contributed by atoms with van der Waals surface area (Å²) >= 11 is 0. The number of fused-ring (bicyclic) bond motifs is 1. The Labute approximate surface area is 108 Å². The lowest BCUT2D eigenvalue weighted by Gasteiger charge is -1.96. The molecule has 0 aliphatic carbocycles. The van der Waals surface area contributed by atoms with E-state index in [9.17, 15) is 0 Å². The summed E-state index contributed by atoms with van der Waals surface area (Å²) in [4.78, 5) is 0. The predicted octanol–water partition coefficient (Wildman–Crippen LogP) is -0.0989. The molecule has 0 fully saturated rings. The minimum absolute atomic E-state index is 0. The normalized spacial score (nSPS) is 8.25. The number of benzene rings is 1. The fraction of sp³-hybridized carbons (Fsp3) is 0.0833. The van der Waals surface area contributed by atoms with Crippen molar-refractivity contribution in [1.29, 1.82) is 0 Å². The number of nitrogens with zero attached hydrogens (tertiary/aromatic N) is 1. The van der Waals surface area contributed by atoms with E-state index in [2.05, 4.69) is 53.7 Å². The molecule has 1 aromatic heterocycles. The third-order valence-corrected chi connectivity index (χ3v) is 2.11. The molecule has 2 nitrogen and oxygen atoms in total. The van der Waals surface area contributed by atoms with Crippen LogP contribution in [0.15, 0.2) is 55.3 Å². The summed E-state index contributed by atoms with van der Waals surface area (Å²) in [5.41, 5.74) is 1.25. The molecule has 0 saturated heterocycles. The third-order valence-electron chi connectivity index (χ3n) is 2.11. The number of halogens is 2. The maximum Gasteiger partial charge on any atom is 0.212 e. The van der Waals surface area contributed by atoms with Gasteiger partial charge in [0.05, 0.1) is 0 Å². The Balaban J connectivity index is 0. The van der Waals surface area contributed by atoms with E-state index in [0.29, 0.717) is 0 Å². The van der Waals surface area contributed by atoms with Crippen LogP contribution in [-0.2, 0) is 6.54 Å². The zero-order chi connectivity index (χ0) is 9.10. The van der Waals surface area contributed by atoms with Crippen LogP contribution in [0.25, 0.3) is 10.9 Å². The van der Waals surface area contributed by atoms with Gasteiger partial charge in [-0.1, -0.05) is 18.7 Å². The summed E-state index contributed by atoms with van der Waals surface area (Å²) in [6.45, 7) is 4.60. The van der Waals surface area contributed by atoms with E-state index in [1.807, 2.05) is 6.08 Å². The largest absolute Gasteiger partial charge is 1.00 e. The maximum absolute atomic E-state index is 3.74. The molecule has 1 heterocycles. The topological polar surface area (TPSA) is 38.9 Å². The van der Waals surface area contributed by atoms with Crippen molar-refractivity contribution in [2.75, 3.05) is 0 Å². The van der Waals surface area contributed by atoms with E-state index in [-0.39, 0.29) is 31.0 Å². The highest BCUT2D eigenvalue weighted by molar-refractivity contribution is 5.85. The number of rotatable bonds is 2. The second-order valence-electron chi connectivity index (χ2n) is 3.01. The molecule has 0 atom stereocenters. The summed E-state index contributed by atoms with van der Waals surface area (Å²) in [5, 5.41) is 1.27. The molecule has 0 aliphatic heterocycles. The highest BCUT2D eigenvalue weighted by atomic mass is 35.5. The fourth-order valence-electron chi connectivity index (χ4n) is 1.52. The van der Waals surface area contributed by atoms with Crippen LogP contribution in [-0.4, -0.2) is 0 Å². The van der Waals surface area contributed by atoms with E-state index in [1.165, 1.54) is 10.9 Å². The molecule has 0 unspecified atom stereocenters. The number of pyridine rings is 1. The molecule has 0 radical (unpaired) electrons. The minimum Gasteiger partial charge on any atom is -1.00 e. The number of para-hydroxylation sites is 1. The molecule has 16 heavy (non-hydrogen) atoms. The molecule has 2 rings (SSSR count). The van der Waals surface area contributed by atoms with Gasteiger partial charge in [-0.05, 0) is 18.2 Å². The number of allylic oxidation sites excluding steroid dienone is 1. The molecule has 0 saturated carbocycles. The van der Waals surface area contributed by atoms with Crippen LogP contribution in [0.1, 0.15) is 0 Å². The SMILES string of the molecule is C=CC[n+]1cccc2ccccc21.Cl.N.[Cl-]. The van der Waals surface area contributed by atoms with Crippen molar-refractivity contribution in [2.45, 2.75) is 6.54 Å². The summed E-state index contributed by atoms with van der Waals surface area (Å²) in [6, 6.07) is 12.5. The first-order valence-corrected chi connectivity index (χ1v) is 4.40. The standard InChI is InChI=1S/C12H12N.2ClH.H3N/c1-2-9-13-10-5-7-11-6-3-4-8-12(11)13;;;/h2-8,10H,1,9H2;2*1H;1H3/q+1;;;/p-1. The van der Waals surface area contributed by atoms with Gasteiger partial charge in [0.2, 0.25) is 5.52 Å². The molecule has 0 amide bonds. The molecule has 0 bridgehead atoms. The van der Waals surface area contributed by atoms with Gasteiger partial charge >= 0.3 is 0 Å². The lowest BCUT2D eigenvalue weighted by molar-refractivity contribution is -0.660. The van der Waals surface area contributed by atoms with Gasteiger partial charge in [0, 0.05) is 17.5 Å². The van der Waals surface area contributed by atoms with E-state index >= 15 is 0 Å². The second-order valence-corrected chi connectivity index (χ2v) is 3.01. The van der Waals surface area contributed by atoms with Crippen molar-refractivity contribution in [1.82, 2.24) is 6.15 Å². The average molecular weight is 259 g/mol. The van der Waals surface area contributed by atoms with Crippen LogP contribution in [0.2, 0.25) is 0 Å². The monoisotopic (exact) mass is 258 g/mol. The molecule has 88 valence electrons. The van der Waals surface area contributed by atoms with Gasteiger partial charge in [-0.25, -0.2) is 0 Å². The van der Waals surface area contributed by atoms with Gasteiger partial charge in [-0.15, -0.1) is 12.4 Å². The van der Waals surface area contributed by atoms with E-state index < -0.39 is 0 Å². The predicted molar refractivity (Wildman–Crippen MR) is 66.6 cm³/mol. The zero-order valence-electron chi connectivity index (χ0n) is 8.97. The zero-order valence-corrected chi connectivity index (χ0v) is 10.5. The Kier molecular flexibility index (Phi) is 8.77. The lowest BCUT2D eigenvalue weighted by atomic mass is 10.2. The van der Waals surface area contributed by atoms with Crippen molar-refractivity contribution < 1.29 is 17.0 Å². The van der Waals surface area contributed by atoms with Gasteiger partial charge in [-0.3, -0.25) is 0 Å². The Morgan fingerprint density at radius 3 is 2.44 bits per heavy atom. The second kappa shape index (κ2) is 8.11. The van der Waals surface area contributed by atoms with E-state index in [0.717, 1.165) is 6.54 Å². The smallest absolute Gasteiger partial charge is 0.212 e. The van der Waals surface area contributed by atoms with Crippen LogP contribution in [0, 0.1) is 0 Å². The first kappa shape index (κ1) is 17.3. The van der Waals surface area contributed by atoms with Gasteiger partial charge in [0.15, 0.2) is 12.7 Å². The highest BCUT2D eigenvalue weighted by Crippen LogP contribution is 2.07. The first-order valence-electron chi connectivity index (χ1n) is 4.40. The molecule has 0 spiro atoms. The Bertz CT molecular complexity index is 438. The molecule has 2 aromatic rings. The fourth-order valence-corrected chi connectivity index (χ4v) is 1.52. The van der Waals surface area contributed by atoms with Gasteiger partial charge in [0.25, 0.3) is 0 Å². The minimum atomic E-state index is 0. The summed E-state index contributed by atoms with van der Waals surface area (Å²) < 4.78 is 2.18. The lowest BCUT2D eigenvalue weighted by Crippen LogP contribution is -3.00. The van der Waals surface area contributed by atoms with Gasteiger partial charge in [0.1, 0.15) is 0 Å². The van der Waals surface area contributed by atoms with Crippen molar-refractivity contribution in [2.24, 2.45) is 0 Å². The van der Waals surface area contributed by atoms with Crippen LogP contribution in [0.3, 0.4) is 0 Å². The van der Waals surface area contributed by atoms with Crippen LogP contribution in [0.5, 0.6) is 0 Å². The molecule has 3 N–H and O–H groups in total. The van der Waals surface area contributed by atoms with Crippen LogP contribution >= 0.6 is 12.4 Å². The average Bonchev–Trinajstić information content (AvgIpc) is 2.19. The quantitative estimate of drug-likeness (QED) is 0.593. The van der Waals surface area contributed by atoms with Gasteiger partial charge < -0.3 is 18.6 Å². The molecule has 4 heteroatoms. The summed E-state index contributed by atoms with van der Waals surface area (Å²) in [5.74, 6) is 0. The molecular formula is C12H16Cl2N2. The van der Waals surface area contributed by atoms with Crippen molar-refractivity contribution in [3.63, 3.8) is 0 Å². The Morgan fingerprint density at radius 2 is 1.75 bits per heavy atom. The van der Waals surface area contributed by atoms with Crippen molar-refractivity contribution in [3.05, 3.63) is 55.3 Å². The van der Waals surface area contributed by atoms with E-state index in [4.69, 9.17) is 0 Å². The summed E-state index contributed by atoms with van der Waals surface area (Å²) in [7, 11) is 0. The van der Waals surface area contributed by atoms with Crippen molar-refractivity contribution >= 4 is 23.3 Å². The third kappa shape index (κ3) is 3.49. The highest BCUT2D eigenvalue weighted by Gasteiger charge is 2.03. The Morgan fingerprint density at radius 1 is 1.12 bits per heavy atom. The van der Waals surface area contributed by atoms with Crippen LogP contribution in [0.4, 0.5) is 0 Å². The molecular weight excluding hydrogens is 243 g/mol. The van der Waals surface area contributed by atoms with Crippen LogP contribution < -0.4 is 23.1 Å². The summed E-state index contributed by atoms with van der Waals surface area (Å²) in [6.07, 6.45) is 3.98.